The molecular formula is C16H21NO3S2. The Kier molecular flexibility index (Phi) is 5.45. The molecule has 1 aromatic carbocycles. The van der Waals surface area contributed by atoms with Crippen LogP contribution in [0.15, 0.2) is 30.3 Å². The topological polar surface area (TPSA) is 57.6 Å². The van der Waals surface area contributed by atoms with Crippen molar-refractivity contribution in [1.82, 2.24) is 4.90 Å². The van der Waals surface area contributed by atoms with Gasteiger partial charge in [-0.2, -0.15) is 12.6 Å². The molecule has 6 heteroatoms. The molecule has 1 saturated heterocycles. The molecule has 2 atom stereocenters. The Morgan fingerprint density at radius 3 is 2.59 bits per heavy atom. The number of hydrogen-bond donors (Lipinski definition) is 2. The first-order chi connectivity index (χ1) is 10.4. The third kappa shape index (κ3) is 3.60. The van der Waals surface area contributed by atoms with Crippen molar-refractivity contribution in [1.29, 1.82) is 0 Å². The van der Waals surface area contributed by atoms with Crippen LogP contribution in [-0.4, -0.2) is 44.3 Å². The van der Waals surface area contributed by atoms with Crippen LogP contribution in [0.1, 0.15) is 19.4 Å². The molecule has 1 aliphatic rings. The SMILES string of the molecule is CC1(C)SCN(C(=O)[C@@H](CS)Cc2ccccc2)[C@@H]1C(=O)O. The molecule has 0 radical (unpaired) electrons. The van der Waals surface area contributed by atoms with Gasteiger partial charge in [0.15, 0.2) is 0 Å². The minimum Gasteiger partial charge on any atom is -0.480 e. The molecule has 120 valence electrons. The summed E-state index contributed by atoms with van der Waals surface area (Å²) in [4.78, 5) is 25.9. The van der Waals surface area contributed by atoms with Crippen molar-refractivity contribution in [2.75, 3.05) is 11.6 Å². The lowest BCUT2D eigenvalue weighted by atomic mass is 9.96. The summed E-state index contributed by atoms with van der Waals surface area (Å²) in [6.07, 6.45) is 0.580. The first-order valence-electron chi connectivity index (χ1n) is 7.19. The molecule has 0 bridgehead atoms. The van der Waals surface area contributed by atoms with Crippen LogP contribution < -0.4 is 0 Å². The lowest BCUT2D eigenvalue weighted by Crippen LogP contribution is -2.50. The normalized spacial score (nSPS) is 21.6. The summed E-state index contributed by atoms with van der Waals surface area (Å²) in [6, 6.07) is 8.96. The van der Waals surface area contributed by atoms with E-state index in [9.17, 15) is 14.7 Å². The molecule has 22 heavy (non-hydrogen) atoms. The molecule has 0 saturated carbocycles. The van der Waals surface area contributed by atoms with E-state index in [1.807, 2.05) is 44.2 Å². The van der Waals surface area contributed by atoms with Crippen LogP contribution in [0.25, 0.3) is 0 Å². The summed E-state index contributed by atoms with van der Waals surface area (Å²) in [5.41, 5.74) is 1.06. The van der Waals surface area contributed by atoms with Crippen molar-refractivity contribution >= 4 is 36.3 Å². The number of rotatable bonds is 5. The Balaban J connectivity index is 2.16. The second-order valence-electron chi connectivity index (χ2n) is 5.99. The van der Waals surface area contributed by atoms with E-state index in [1.54, 1.807) is 0 Å². The third-order valence-corrected chi connectivity index (χ3v) is 5.77. The third-order valence-electron chi connectivity index (χ3n) is 3.96. The van der Waals surface area contributed by atoms with Gasteiger partial charge in [-0.05, 0) is 25.8 Å². The molecule has 0 spiro atoms. The van der Waals surface area contributed by atoms with E-state index < -0.39 is 16.8 Å². The van der Waals surface area contributed by atoms with Gasteiger partial charge in [0.2, 0.25) is 5.91 Å². The fourth-order valence-corrected chi connectivity index (χ4v) is 4.17. The quantitative estimate of drug-likeness (QED) is 0.810. The van der Waals surface area contributed by atoms with Gasteiger partial charge in [-0.25, -0.2) is 4.79 Å². The van der Waals surface area contributed by atoms with E-state index in [4.69, 9.17) is 0 Å². The number of thiol groups is 1. The Hall–Kier alpha value is -1.14. The molecule has 0 unspecified atom stereocenters. The van der Waals surface area contributed by atoms with Crippen LogP contribution in [0.3, 0.4) is 0 Å². The molecule has 0 aromatic heterocycles. The second-order valence-corrected chi connectivity index (χ2v) is 7.96. The zero-order valence-corrected chi connectivity index (χ0v) is 14.4. The van der Waals surface area contributed by atoms with E-state index >= 15 is 0 Å². The molecule has 1 amide bonds. The smallest absolute Gasteiger partial charge is 0.327 e. The molecular weight excluding hydrogens is 318 g/mol. The molecule has 1 heterocycles. The van der Waals surface area contributed by atoms with Crippen molar-refractivity contribution in [2.45, 2.75) is 31.1 Å². The van der Waals surface area contributed by atoms with E-state index in [1.165, 1.54) is 16.7 Å². The average Bonchev–Trinajstić information content (AvgIpc) is 2.80. The van der Waals surface area contributed by atoms with Gasteiger partial charge < -0.3 is 10.0 Å². The van der Waals surface area contributed by atoms with Crippen molar-refractivity contribution < 1.29 is 14.7 Å². The maximum Gasteiger partial charge on any atom is 0.327 e. The van der Waals surface area contributed by atoms with Gasteiger partial charge in [0.25, 0.3) is 0 Å². The Morgan fingerprint density at radius 2 is 2.05 bits per heavy atom. The second kappa shape index (κ2) is 6.96. The van der Waals surface area contributed by atoms with E-state index in [-0.39, 0.29) is 11.8 Å². The number of hydrogen-bond acceptors (Lipinski definition) is 4. The molecule has 1 aromatic rings. The summed E-state index contributed by atoms with van der Waals surface area (Å²) in [5.74, 6) is -0.545. The highest BCUT2D eigenvalue weighted by Crippen LogP contribution is 2.40. The van der Waals surface area contributed by atoms with Crippen molar-refractivity contribution in [2.24, 2.45) is 5.92 Å². The van der Waals surface area contributed by atoms with Gasteiger partial charge in [-0.15, -0.1) is 11.8 Å². The average molecular weight is 339 g/mol. The molecule has 1 fully saturated rings. The first kappa shape index (κ1) is 17.2. The maximum absolute atomic E-state index is 12.8. The number of carboxylic acids is 1. The van der Waals surface area contributed by atoms with E-state index in [0.717, 1.165) is 5.56 Å². The predicted octanol–water partition coefficient (Wildman–Crippen LogP) is 2.54. The fourth-order valence-electron chi connectivity index (χ4n) is 2.75. The zero-order chi connectivity index (χ0) is 16.3. The zero-order valence-electron chi connectivity index (χ0n) is 12.7. The van der Waals surface area contributed by atoms with Crippen LogP contribution in [0.2, 0.25) is 0 Å². The first-order valence-corrected chi connectivity index (χ1v) is 8.80. The molecule has 1 N–H and O–H groups in total. The Labute approximate surface area is 140 Å². The summed E-state index contributed by atoms with van der Waals surface area (Å²) in [6.45, 7) is 3.74. The number of benzene rings is 1. The Bertz CT molecular complexity index is 548. The van der Waals surface area contributed by atoms with Gasteiger partial charge in [-0.1, -0.05) is 30.3 Å². The minimum absolute atomic E-state index is 0.121. The van der Waals surface area contributed by atoms with Crippen molar-refractivity contribution in [3.05, 3.63) is 35.9 Å². The highest BCUT2D eigenvalue weighted by molar-refractivity contribution is 8.00. The molecule has 2 rings (SSSR count). The standard InChI is InChI=1S/C16H21NO3S2/c1-16(2)13(15(19)20)17(10-22-16)14(18)12(9-21)8-11-6-4-3-5-7-11/h3-7,12-13,21H,8-10H2,1-2H3,(H,19,20)/t12-,13-/m1/s1. The molecule has 4 nitrogen and oxygen atoms in total. The number of aliphatic carboxylic acids is 1. The maximum atomic E-state index is 12.8. The molecule has 0 aliphatic carbocycles. The number of amides is 1. The lowest BCUT2D eigenvalue weighted by Gasteiger charge is -2.30. The Morgan fingerprint density at radius 1 is 1.41 bits per heavy atom. The summed E-state index contributed by atoms with van der Waals surface area (Å²) in [7, 11) is 0. The van der Waals surface area contributed by atoms with E-state index in [0.29, 0.717) is 18.1 Å². The van der Waals surface area contributed by atoms with Crippen LogP contribution in [-0.2, 0) is 16.0 Å². The van der Waals surface area contributed by atoms with Crippen LogP contribution >= 0.6 is 24.4 Å². The van der Waals surface area contributed by atoms with Crippen LogP contribution in [0, 0.1) is 5.92 Å². The summed E-state index contributed by atoms with van der Waals surface area (Å²) >= 11 is 5.81. The number of nitrogens with zero attached hydrogens (tertiary/aromatic N) is 1. The number of carbonyl (C=O) groups excluding carboxylic acids is 1. The van der Waals surface area contributed by atoms with E-state index in [2.05, 4.69) is 12.6 Å². The minimum atomic E-state index is -0.944. The highest BCUT2D eigenvalue weighted by Gasteiger charge is 2.48. The lowest BCUT2D eigenvalue weighted by molar-refractivity contribution is -0.151. The van der Waals surface area contributed by atoms with Crippen LogP contribution in [0.5, 0.6) is 0 Å². The fraction of sp³-hybridized carbons (Fsp3) is 0.500. The molecule has 1 aliphatic heterocycles. The van der Waals surface area contributed by atoms with Crippen molar-refractivity contribution in [3.63, 3.8) is 0 Å². The van der Waals surface area contributed by atoms with Crippen molar-refractivity contribution in [3.8, 4) is 0 Å². The number of carbonyl (C=O) groups is 2. The largest absolute Gasteiger partial charge is 0.480 e. The number of carboxylic acid groups (broad SMARTS) is 1. The van der Waals surface area contributed by atoms with Gasteiger partial charge >= 0.3 is 5.97 Å². The summed E-state index contributed by atoms with van der Waals surface area (Å²) in [5, 5.41) is 9.49. The monoisotopic (exact) mass is 339 g/mol. The highest BCUT2D eigenvalue weighted by atomic mass is 32.2. The van der Waals surface area contributed by atoms with Gasteiger partial charge in [0.05, 0.1) is 11.8 Å². The van der Waals surface area contributed by atoms with Gasteiger partial charge in [0.1, 0.15) is 6.04 Å². The van der Waals surface area contributed by atoms with Gasteiger partial charge in [-0.3, -0.25) is 4.79 Å². The predicted molar refractivity (Wildman–Crippen MR) is 92.3 cm³/mol. The van der Waals surface area contributed by atoms with Crippen LogP contribution in [0.4, 0.5) is 0 Å². The summed E-state index contributed by atoms with van der Waals surface area (Å²) < 4.78 is -0.477. The number of thioether (sulfide) groups is 1. The van der Waals surface area contributed by atoms with Gasteiger partial charge in [0, 0.05) is 10.5 Å².